The van der Waals surface area contributed by atoms with Gasteiger partial charge in [0.25, 0.3) is 0 Å². The smallest absolute Gasteiger partial charge is 0.164 e. The Morgan fingerprint density at radius 1 is 0.349 bits per heavy atom. The van der Waals surface area contributed by atoms with Crippen molar-refractivity contribution in [3.63, 3.8) is 0 Å². The Morgan fingerprint density at radius 2 is 0.837 bits per heavy atom. The molecule has 0 unspecified atom stereocenters. The standard InChI is InChI=1S/C39H23N3S/c1-3-11-24(12-4-1)37-40-38(25-13-5-2-6-14-25)42-39(41-37)26-19-20-28-31-21-22-32-29-16-9-10-18-34(29)43-36(32)35(31)30-17-8-7-15-27(30)33(28)23-26/h1-23H. The van der Waals surface area contributed by atoms with E-state index in [1.165, 1.54) is 52.5 Å². The molecule has 43 heavy (non-hydrogen) atoms. The van der Waals surface area contributed by atoms with E-state index in [1.807, 2.05) is 72.0 Å². The van der Waals surface area contributed by atoms with E-state index >= 15 is 0 Å². The molecule has 0 spiro atoms. The van der Waals surface area contributed by atoms with Gasteiger partial charge < -0.3 is 0 Å². The number of benzene rings is 7. The Bertz CT molecular complexity index is 2420. The predicted octanol–water partition coefficient (Wildman–Crippen LogP) is 10.7. The highest BCUT2D eigenvalue weighted by atomic mass is 32.1. The number of rotatable bonds is 3. The molecule has 0 atom stereocenters. The van der Waals surface area contributed by atoms with Gasteiger partial charge in [-0.05, 0) is 39.1 Å². The Morgan fingerprint density at radius 3 is 1.53 bits per heavy atom. The number of aromatic nitrogens is 3. The highest BCUT2D eigenvalue weighted by molar-refractivity contribution is 7.26. The van der Waals surface area contributed by atoms with Crippen LogP contribution in [0.5, 0.6) is 0 Å². The predicted molar refractivity (Wildman–Crippen MR) is 182 cm³/mol. The number of hydrogen-bond acceptors (Lipinski definition) is 4. The van der Waals surface area contributed by atoms with E-state index in [2.05, 4.69) is 78.9 Å². The lowest BCUT2D eigenvalue weighted by molar-refractivity contribution is 1.07. The van der Waals surface area contributed by atoms with Gasteiger partial charge in [0, 0.05) is 42.2 Å². The minimum Gasteiger partial charge on any atom is -0.208 e. The maximum atomic E-state index is 4.99. The molecule has 7 aromatic carbocycles. The Hall–Kier alpha value is -5.45. The minimum absolute atomic E-state index is 0.666. The van der Waals surface area contributed by atoms with Gasteiger partial charge >= 0.3 is 0 Å². The third kappa shape index (κ3) is 3.84. The summed E-state index contributed by atoms with van der Waals surface area (Å²) in [5.41, 5.74) is 2.90. The van der Waals surface area contributed by atoms with Gasteiger partial charge in [-0.15, -0.1) is 11.3 Å². The summed E-state index contributed by atoms with van der Waals surface area (Å²) in [6.45, 7) is 0. The summed E-state index contributed by atoms with van der Waals surface area (Å²) in [6.07, 6.45) is 0. The summed E-state index contributed by atoms with van der Waals surface area (Å²) in [5, 5.41) is 10.2. The van der Waals surface area contributed by atoms with Gasteiger partial charge in [0.1, 0.15) is 0 Å². The molecule has 9 rings (SSSR count). The van der Waals surface area contributed by atoms with E-state index in [1.54, 1.807) is 0 Å². The highest BCUT2D eigenvalue weighted by Crippen LogP contribution is 2.44. The minimum atomic E-state index is 0.666. The molecule has 4 heteroatoms. The van der Waals surface area contributed by atoms with Gasteiger partial charge in [-0.25, -0.2) is 15.0 Å². The third-order valence-corrected chi connectivity index (χ3v) is 9.50. The van der Waals surface area contributed by atoms with Gasteiger partial charge in [0.05, 0.1) is 0 Å². The van der Waals surface area contributed by atoms with Crippen LogP contribution in [0.1, 0.15) is 0 Å². The molecule has 0 saturated carbocycles. The molecule has 0 fully saturated rings. The quantitative estimate of drug-likeness (QED) is 0.200. The molecule has 0 saturated heterocycles. The van der Waals surface area contributed by atoms with Crippen LogP contribution in [-0.4, -0.2) is 15.0 Å². The number of fused-ring (bicyclic) bond motifs is 10. The summed E-state index contributed by atoms with van der Waals surface area (Å²) >= 11 is 1.89. The van der Waals surface area contributed by atoms with Crippen LogP contribution in [0.25, 0.3) is 86.7 Å². The molecule has 0 aliphatic heterocycles. The van der Waals surface area contributed by atoms with Gasteiger partial charge in [-0.2, -0.15) is 0 Å². The largest absolute Gasteiger partial charge is 0.208 e. The van der Waals surface area contributed by atoms with Gasteiger partial charge in [-0.3, -0.25) is 0 Å². The molecule has 0 aliphatic carbocycles. The average Bonchev–Trinajstić information content (AvgIpc) is 3.47. The summed E-state index contributed by atoms with van der Waals surface area (Å²) in [7, 11) is 0. The zero-order valence-electron chi connectivity index (χ0n) is 23.0. The first-order valence-electron chi connectivity index (χ1n) is 14.4. The van der Waals surface area contributed by atoms with E-state index < -0.39 is 0 Å². The van der Waals surface area contributed by atoms with Gasteiger partial charge in [0.15, 0.2) is 17.5 Å². The maximum absolute atomic E-state index is 4.99. The number of thiophene rings is 1. The first-order valence-corrected chi connectivity index (χ1v) is 15.2. The van der Waals surface area contributed by atoms with Crippen molar-refractivity contribution in [2.45, 2.75) is 0 Å². The summed E-state index contributed by atoms with van der Waals surface area (Å²) in [6, 6.07) is 49.0. The molecule has 0 amide bonds. The Labute approximate surface area is 251 Å². The van der Waals surface area contributed by atoms with Crippen molar-refractivity contribution in [2.24, 2.45) is 0 Å². The van der Waals surface area contributed by atoms with Crippen LogP contribution < -0.4 is 0 Å². The van der Waals surface area contributed by atoms with Crippen LogP contribution in [-0.2, 0) is 0 Å². The van der Waals surface area contributed by atoms with Crippen molar-refractivity contribution < 1.29 is 0 Å². The van der Waals surface area contributed by atoms with Gasteiger partial charge in [-0.1, -0.05) is 127 Å². The molecule has 0 N–H and O–H groups in total. The molecule has 2 heterocycles. The zero-order chi connectivity index (χ0) is 28.3. The fourth-order valence-corrected chi connectivity index (χ4v) is 7.56. The Kier molecular flexibility index (Phi) is 5.37. The first kappa shape index (κ1) is 24.2. The lowest BCUT2D eigenvalue weighted by Crippen LogP contribution is -2.00. The first-order chi connectivity index (χ1) is 21.3. The van der Waals surface area contributed by atoms with E-state index in [4.69, 9.17) is 15.0 Å². The van der Waals surface area contributed by atoms with Crippen LogP contribution in [0.2, 0.25) is 0 Å². The van der Waals surface area contributed by atoms with Crippen molar-refractivity contribution in [1.82, 2.24) is 15.0 Å². The van der Waals surface area contributed by atoms with Gasteiger partial charge in [0.2, 0.25) is 0 Å². The van der Waals surface area contributed by atoms with E-state index in [-0.39, 0.29) is 0 Å². The van der Waals surface area contributed by atoms with Crippen LogP contribution >= 0.6 is 11.3 Å². The SMILES string of the molecule is c1ccc(-c2nc(-c3ccccc3)nc(-c3ccc4c(c3)c3ccccc3c3c4ccc4c5ccccc5sc43)n2)cc1. The second-order valence-electron chi connectivity index (χ2n) is 10.8. The molecule has 0 bridgehead atoms. The molecule has 0 radical (unpaired) electrons. The summed E-state index contributed by atoms with van der Waals surface area (Å²) in [4.78, 5) is 14.9. The van der Waals surface area contributed by atoms with Crippen molar-refractivity contribution >= 4 is 63.8 Å². The lowest BCUT2D eigenvalue weighted by atomic mass is 9.92. The topological polar surface area (TPSA) is 38.7 Å². The second kappa shape index (κ2) is 9.55. The van der Waals surface area contributed by atoms with Crippen molar-refractivity contribution in [1.29, 1.82) is 0 Å². The van der Waals surface area contributed by atoms with Crippen molar-refractivity contribution in [3.8, 4) is 34.2 Å². The third-order valence-electron chi connectivity index (χ3n) is 8.30. The normalized spacial score (nSPS) is 11.7. The number of hydrogen-bond donors (Lipinski definition) is 0. The van der Waals surface area contributed by atoms with Crippen LogP contribution in [0.15, 0.2) is 140 Å². The summed E-state index contributed by atoms with van der Waals surface area (Å²) in [5.74, 6) is 2.00. The van der Waals surface area contributed by atoms with E-state index in [0.29, 0.717) is 17.5 Å². The molecule has 9 aromatic rings. The van der Waals surface area contributed by atoms with Crippen LogP contribution in [0.4, 0.5) is 0 Å². The fourth-order valence-electron chi connectivity index (χ4n) is 6.30. The monoisotopic (exact) mass is 565 g/mol. The molecular formula is C39H23N3S. The summed E-state index contributed by atoms with van der Waals surface area (Å²) < 4.78 is 2.67. The molecule has 2 aromatic heterocycles. The lowest BCUT2D eigenvalue weighted by Gasteiger charge is -2.13. The van der Waals surface area contributed by atoms with Crippen molar-refractivity contribution in [2.75, 3.05) is 0 Å². The van der Waals surface area contributed by atoms with Crippen LogP contribution in [0, 0.1) is 0 Å². The molecule has 0 aliphatic rings. The van der Waals surface area contributed by atoms with Crippen molar-refractivity contribution in [3.05, 3.63) is 140 Å². The number of nitrogens with zero attached hydrogens (tertiary/aromatic N) is 3. The fraction of sp³-hybridized carbons (Fsp3) is 0. The Balaban J connectivity index is 1.33. The molecular weight excluding hydrogens is 543 g/mol. The second-order valence-corrected chi connectivity index (χ2v) is 11.9. The van der Waals surface area contributed by atoms with Crippen LogP contribution in [0.3, 0.4) is 0 Å². The maximum Gasteiger partial charge on any atom is 0.164 e. The van der Waals surface area contributed by atoms with E-state index in [0.717, 1.165) is 16.7 Å². The molecule has 200 valence electrons. The zero-order valence-corrected chi connectivity index (χ0v) is 23.8. The van der Waals surface area contributed by atoms with E-state index in [9.17, 15) is 0 Å². The molecule has 3 nitrogen and oxygen atoms in total. The average molecular weight is 566 g/mol. The highest BCUT2D eigenvalue weighted by Gasteiger charge is 2.17.